The van der Waals surface area contributed by atoms with Gasteiger partial charge in [0.15, 0.2) is 0 Å². The molecule has 0 aliphatic heterocycles. The molecule has 1 atom stereocenters. The zero-order valence-electron chi connectivity index (χ0n) is 15.4. The van der Waals surface area contributed by atoms with Gasteiger partial charge in [0.1, 0.15) is 6.61 Å². The number of carbonyl (C=O) groups is 5. The second kappa shape index (κ2) is 16.2. The SMILES string of the molecule is CC(=O)OCC(C)SSCCCNC(=O)CNC(=O)CNC(=O)CNC=O. The molecule has 0 bridgehead atoms. The van der Waals surface area contributed by atoms with Crippen LogP contribution >= 0.6 is 21.6 Å². The van der Waals surface area contributed by atoms with Crippen molar-refractivity contribution >= 4 is 51.7 Å². The molecule has 154 valence electrons. The zero-order chi connectivity index (χ0) is 20.5. The summed E-state index contributed by atoms with van der Waals surface area (Å²) in [5, 5.41) is 9.71. The molecule has 0 aliphatic rings. The van der Waals surface area contributed by atoms with Gasteiger partial charge in [-0.15, -0.1) is 0 Å². The minimum atomic E-state index is -0.502. The number of nitrogens with one attached hydrogen (secondary N) is 4. The average Bonchev–Trinajstić information content (AvgIpc) is 2.63. The predicted molar refractivity (Wildman–Crippen MR) is 104 cm³/mol. The molecule has 0 rings (SSSR count). The Morgan fingerprint density at radius 1 is 1.00 bits per heavy atom. The summed E-state index contributed by atoms with van der Waals surface area (Å²) in [5.74, 6) is -0.793. The lowest BCUT2D eigenvalue weighted by Gasteiger charge is -2.10. The number of carbonyl (C=O) groups excluding carboxylic acids is 5. The highest BCUT2D eigenvalue weighted by Crippen LogP contribution is 2.27. The van der Waals surface area contributed by atoms with Crippen LogP contribution in [0.2, 0.25) is 0 Å². The van der Waals surface area contributed by atoms with Gasteiger partial charge in [-0.1, -0.05) is 21.6 Å². The van der Waals surface area contributed by atoms with E-state index >= 15 is 0 Å². The quantitative estimate of drug-likeness (QED) is 0.112. The third kappa shape index (κ3) is 17.2. The topological polar surface area (TPSA) is 143 Å². The third-order valence-electron chi connectivity index (χ3n) is 2.72. The van der Waals surface area contributed by atoms with Crippen LogP contribution in [0.15, 0.2) is 0 Å². The van der Waals surface area contributed by atoms with Crippen molar-refractivity contribution in [2.45, 2.75) is 25.5 Å². The van der Waals surface area contributed by atoms with E-state index in [1.807, 2.05) is 6.92 Å². The van der Waals surface area contributed by atoms with Crippen molar-refractivity contribution in [3.05, 3.63) is 0 Å². The summed E-state index contributed by atoms with van der Waals surface area (Å²) in [6.07, 6.45) is 1.14. The first-order valence-corrected chi connectivity index (χ1v) is 10.6. The van der Waals surface area contributed by atoms with Gasteiger partial charge < -0.3 is 26.0 Å². The largest absolute Gasteiger partial charge is 0.465 e. The Hall–Kier alpha value is -1.95. The summed E-state index contributed by atoms with van der Waals surface area (Å²) in [4.78, 5) is 54.9. The van der Waals surface area contributed by atoms with Crippen molar-refractivity contribution in [1.29, 1.82) is 0 Å². The van der Waals surface area contributed by atoms with Gasteiger partial charge in [-0.05, 0) is 13.3 Å². The van der Waals surface area contributed by atoms with Crippen LogP contribution in [0.4, 0.5) is 0 Å². The molecule has 1 unspecified atom stereocenters. The number of rotatable bonds is 15. The van der Waals surface area contributed by atoms with E-state index in [1.165, 1.54) is 6.92 Å². The van der Waals surface area contributed by atoms with Crippen LogP contribution in [-0.2, 0) is 28.7 Å². The second-order valence-electron chi connectivity index (χ2n) is 5.29. The first-order chi connectivity index (χ1) is 12.8. The lowest BCUT2D eigenvalue weighted by molar-refractivity contribution is -0.140. The maximum atomic E-state index is 11.6. The fraction of sp³-hybridized carbons (Fsp3) is 0.667. The fourth-order valence-electron chi connectivity index (χ4n) is 1.47. The second-order valence-corrected chi connectivity index (χ2v) is 8.21. The molecule has 0 aliphatic carbocycles. The molecular formula is C15H26N4O6S2. The van der Waals surface area contributed by atoms with Gasteiger partial charge in [0, 0.05) is 24.5 Å². The third-order valence-corrected chi connectivity index (χ3v) is 5.67. The van der Waals surface area contributed by atoms with Crippen LogP contribution in [0, 0.1) is 0 Å². The Bertz CT molecular complexity index is 507. The van der Waals surface area contributed by atoms with Crippen LogP contribution in [0.5, 0.6) is 0 Å². The molecule has 27 heavy (non-hydrogen) atoms. The zero-order valence-corrected chi connectivity index (χ0v) is 17.0. The number of ether oxygens (including phenoxy) is 1. The van der Waals surface area contributed by atoms with Gasteiger partial charge in [-0.25, -0.2) is 0 Å². The van der Waals surface area contributed by atoms with Crippen LogP contribution < -0.4 is 21.3 Å². The summed E-state index contributed by atoms with van der Waals surface area (Å²) < 4.78 is 4.90. The van der Waals surface area contributed by atoms with Crippen LogP contribution in [0.25, 0.3) is 0 Å². The number of amides is 4. The first kappa shape index (κ1) is 25.1. The first-order valence-electron chi connectivity index (χ1n) is 8.24. The van der Waals surface area contributed by atoms with Crippen LogP contribution in [0.1, 0.15) is 20.3 Å². The summed E-state index contributed by atoms with van der Waals surface area (Å²) >= 11 is 0. The molecule has 4 N–H and O–H groups in total. The van der Waals surface area contributed by atoms with Crippen molar-refractivity contribution in [2.75, 3.05) is 38.5 Å². The minimum Gasteiger partial charge on any atom is -0.465 e. The highest BCUT2D eigenvalue weighted by Gasteiger charge is 2.08. The predicted octanol–water partition coefficient (Wildman–Crippen LogP) is -1.20. The lowest BCUT2D eigenvalue weighted by Crippen LogP contribution is -2.43. The standard InChI is InChI=1S/C15H26N4O6S2/c1-11(9-25-12(2)21)27-26-5-3-4-17-14(23)7-19-15(24)8-18-13(22)6-16-10-20/h10-11H,3-9H2,1-2H3,(H,16,20)(H,17,23)(H,18,22)(H,19,24). The number of hydrogen-bond donors (Lipinski definition) is 4. The Labute approximate surface area is 166 Å². The van der Waals surface area contributed by atoms with Gasteiger partial charge in [0.25, 0.3) is 0 Å². The molecule has 0 heterocycles. The van der Waals surface area contributed by atoms with Gasteiger partial charge in [0.05, 0.1) is 19.6 Å². The van der Waals surface area contributed by atoms with Gasteiger partial charge in [-0.2, -0.15) is 0 Å². The lowest BCUT2D eigenvalue weighted by atomic mass is 10.4. The minimum absolute atomic E-state index is 0.178. The molecular weight excluding hydrogens is 396 g/mol. The van der Waals surface area contributed by atoms with Crippen LogP contribution in [-0.4, -0.2) is 73.9 Å². The molecule has 0 saturated carbocycles. The van der Waals surface area contributed by atoms with E-state index in [0.717, 1.165) is 12.2 Å². The average molecular weight is 423 g/mol. The van der Waals surface area contributed by atoms with E-state index in [0.29, 0.717) is 19.6 Å². The smallest absolute Gasteiger partial charge is 0.302 e. The van der Waals surface area contributed by atoms with E-state index in [1.54, 1.807) is 21.6 Å². The summed E-state index contributed by atoms with van der Waals surface area (Å²) in [7, 11) is 3.25. The molecule has 0 aromatic carbocycles. The molecule has 0 fully saturated rings. The van der Waals surface area contributed by atoms with E-state index < -0.39 is 11.8 Å². The molecule has 0 radical (unpaired) electrons. The Kier molecular flexibility index (Phi) is 15.1. The maximum absolute atomic E-state index is 11.6. The summed E-state index contributed by atoms with van der Waals surface area (Å²) in [5.41, 5.74) is 0. The van der Waals surface area contributed by atoms with Gasteiger partial charge in [0.2, 0.25) is 24.1 Å². The van der Waals surface area contributed by atoms with E-state index in [-0.39, 0.29) is 36.8 Å². The van der Waals surface area contributed by atoms with Gasteiger partial charge in [-0.3, -0.25) is 24.0 Å². The maximum Gasteiger partial charge on any atom is 0.302 e. The number of esters is 1. The summed E-state index contributed by atoms with van der Waals surface area (Å²) in [6.45, 7) is 3.53. The van der Waals surface area contributed by atoms with Crippen molar-refractivity contribution < 1.29 is 28.7 Å². The molecule has 0 spiro atoms. The molecule has 4 amide bonds. The normalized spacial score (nSPS) is 11.0. The van der Waals surface area contributed by atoms with E-state index in [9.17, 15) is 24.0 Å². The molecule has 12 heteroatoms. The molecule has 0 saturated heterocycles. The highest BCUT2D eigenvalue weighted by molar-refractivity contribution is 8.76. The Morgan fingerprint density at radius 3 is 2.19 bits per heavy atom. The molecule has 0 aromatic heterocycles. The van der Waals surface area contributed by atoms with E-state index in [4.69, 9.17) is 4.74 Å². The fourth-order valence-corrected chi connectivity index (χ4v) is 3.69. The summed E-state index contributed by atoms with van der Waals surface area (Å²) in [6, 6.07) is 0. The highest BCUT2D eigenvalue weighted by atomic mass is 33.1. The van der Waals surface area contributed by atoms with Crippen molar-refractivity contribution in [3.8, 4) is 0 Å². The monoisotopic (exact) mass is 422 g/mol. The number of hydrogen-bond acceptors (Lipinski definition) is 8. The van der Waals surface area contributed by atoms with Crippen molar-refractivity contribution in [3.63, 3.8) is 0 Å². The Balaban J connectivity index is 3.58. The van der Waals surface area contributed by atoms with Gasteiger partial charge >= 0.3 is 5.97 Å². The molecule has 10 nitrogen and oxygen atoms in total. The Morgan fingerprint density at radius 2 is 1.59 bits per heavy atom. The van der Waals surface area contributed by atoms with E-state index in [2.05, 4.69) is 21.3 Å². The van der Waals surface area contributed by atoms with Crippen LogP contribution in [0.3, 0.4) is 0 Å². The molecule has 0 aromatic rings. The van der Waals surface area contributed by atoms with Crippen molar-refractivity contribution in [1.82, 2.24) is 21.3 Å². The van der Waals surface area contributed by atoms with Crippen molar-refractivity contribution in [2.24, 2.45) is 0 Å².